The number of aromatic nitrogens is 4. The Balaban J connectivity index is 1.57. The summed E-state index contributed by atoms with van der Waals surface area (Å²) >= 11 is 0. The molecule has 3 aliphatic heterocycles. The van der Waals surface area contributed by atoms with Crippen molar-refractivity contribution in [2.24, 2.45) is 0 Å². The van der Waals surface area contributed by atoms with E-state index in [4.69, 9.17) is 24.2 Å². The Bertz CT molecular complexity index is 1910. The van der Waals surface area contributed by atoms with Gasteiger partial charge in [-0.3, -0.25) is 9.78 Å². The zero-order valence-electron chi connectivity index (χ0n) is 29.1. The fraction of sp³-hybridized carbons (Fsp3) is 0.500. The summed E-state index contributed by atoms with van der Waals surface area (Å²) in [5.41, 5.74) is 14.1. The predicted octanol–water partition coefficient (Wildman–Crippen LogP) is 6.80. The minimum absolute atomic E-state index is 0.0359. The molecule has 10 nitrogen and oxygen atoms in total. The van der Waals surface area contributed by atoms with E-state index in [9.17, 15) is 15.0 Å². The number of carbonyl (C=O) groups excluding carboxylic acids is 1. The molecule has 256 valence electrons. The highest BCUT2D eigenvalue weighted by Gasteiger charge is 2.32. The van der Waals surface area contributed by atoms with Gasteiger partial charge in [0, 0.05) is 70.1 Å². The first kappa shape index (κ1) is 34.0. The topological polar surface area (TPSA) is 143 Å². The van der Waals surface area contributed by atoms with Gasteiger partial charge in [0.15, 0.2) is 6.29 Å². The summed E-state index contributed by atoms with van der Waals surface area (Å²) in [5, 5.41) is 20.0. The first-order chi connectivity index (χ1) is 23.0. The third kappa shape index (κ3) is 6.59. The lowest BCUT2D eigenvalue weighted by molar-refractivity contribution is -0.226. The van der Waals surface area contributed by atoms with Crippen LogP contribution in [0.4, 0.5) is 0 Å². The Morgan fingerprint density at radius 1 is 0.979 bits per heavy atom. The van der Waals surface area contributed by atoms with E-state index in [1.165, 1.54) is 12.7 Å². The maximum absolute atomic E-state index is 12.2. The molecular formula is C38H48N4O6. The number of carbonyl (C=O) groups is 1. The maximum atomic E-state index is 12.2. The fourth-order valence-electron chi connectivity index (χ4n) is 7.35. The van der Waals surface area contributed by atoms with Gasteiger partial charge >= 0.3 is 5.97 Å². The standard InChI is InChI=1S/C38H48N4O6/c1-8-26-20(3)32-16-35-28(18-47-37-13-24(44)12-25(17-43)48-37)22(5)31(41-35)15-33-21(4)27(9-10-36(45)46-7)38(42-33)23(6)30-11-19(2)29(39-30)14-34(26)40-32/h11,14-16,21,24-25,27,37,39,41,43-44H,8-10,12-13,17-18H2,1-7H3/t21?,24?,25?,27-,37?/m0/s1. The van der Waals surface area contributed by atoms with Crippen molar-refractivity contribution in [2.45, 2.75) is 111 Å². The quantitative estimate of drug-likeness (QED) is 0.194. The predicted molar refractivity (Wildman–Crippen MR) is 186 cm³/mol. The smallest absolute Gasteiger partial charge is 0.305 e. The number of aromatic amines is 2. The van der Waals surface area contributed by atoms with Crippen molar-refractivity contribution in [3.8, 4) is 0 Å². The molecule has 4 N–H and O–H groups in total. The molecule has 1 fully saturated rings. The maximum Gasteiger partial charge on any atom is 0.305 e. The van der Waals surface area contributed by atoms with Gasteiger partial charge in [-0.05, 0) is 92.6 Å². The van der Waals surface area contributed by atoms with E-state index in [1.54, 1.807) is 0 Å². The van der Waals surface area contributed by atoms with E-state index < -0.39 is 18.5 Å². The number of nitrogens with zero attached hydrogens (tertiary/aromatic N) is 2. The molecular weight excluding hydrogens is 608 g/mol. The Hall–Kier alpha value is -3.83. The van der Waals surface area contributed by atoms with Gasteiger partial charge in [0.25, 0.3) is 0 Å². The van der Waals surface area contributed by atoms with E-state index in [0.717, 1.165) is 79.1 Å². The van der Waals surface area contributed by atoms with Gasteiger partial charge < -0.3 is 34.4 Å². The minimum atomic E-state index is -0.631. The molecule has 5 atom stereocenters. The number of hydrogen-bond acceptors (Lipinski definition) is 8. The largest absolute Gasteiger partial charge is 0.469 e. The Morgan fingerprint density at radius 3 is 2.44 bits per heavy atom. The number of rotatable bonds is 8. The van der Waals surface area contributed by atoms with Crippen LogP contribution in [0.2, 0.25) is 0 Å². The summed E-state index contributed by atoms with van der Waals surface area (Å²) in [4.78, 5) is 29.9. The van der Waals surface area contributed by atoms with Crippen molar-refractivity contribution in [2.75, 3.05) is 13.7 Å². The number of aryl methyl sites for hydroxylation is 3. The number of allylic oxidation sites excluding steroid dienone is 2. The monoisotopic (exact) mass is 656 g/mol. The number of hydrogen-bond donors (Lipinski definition) is 4. The van der Waals surface area contributed by atoms with E-state index in [2.05, 4.69) is 75.8 Å². The molecule has 8 bridgehead atoms. The summed E-state index contributed by atoms with van der Waals surface area (Å²) in [6, 6.07) is 8.52. The molecule has 0 radical (unpaired) electrons. The molecule has 4 unspecified atom stereocenters. The normalized spacial score (nSPS) is 22.7. The second-order valence-electron chi connectivity index (χ2n) is 13.5. The highest BCUT2D eigenvalue weighted by Crippen LogP contribution is 2.42. The lowest BCUT2D eigenvalue weighted by atomic mass is 9.86. The van der Waals surface area contributed by atoms with E-state index >= 15 is 0 Å². The second-order valence-corrected chi connectivity index (χ2v) is 13.5. The summed E-state index contributed by atoms with van der Waals surface area (Å²) < 4.78 is 17.2. The molecule has 1 saturated heterocycles. The third-order valence-corrected chi connectivity index (χ3v) is 10.4. The molecule has 48 heavy (non-hydrogen) atoms. The van der Waals surface area contributed by atoms with Crippen LogP contribution in [0, 0.1) is 20.8 Å². The molecule has 3 aromatic rings. The van der Waals surface area contributed by atoms with Crippen molar-refractivity contribution >= 4 is 39.2 Å². The van der Waals surface area contributed by atoms with Crippen molar-refractivity contribution in [3.05, 3.63) is 69.3 Å². The van der Waals surface area contributed by atoms with Crippen LogP contribution >= 0.6 is 0 Å². The zero-order chi connectivity index (χ0) is 34.3. The number of H-pyrrole nitrogens is 2. The SMILES string of the molecule is CCC1=C(C)c2cc3[nH]c(cc4nc(c(C)c5cc(C)c(cc1n2)[nH]5)[C@@H](CCC(=O)OC)C4C)c(C)c3COC1CC(O)CC(CO)O1. The van der Waals surface area contributed by atoms with Gasteiger partial charge in [0.1, 0.15) is 0 Å². The minimum Gasteiger partial charge on any atom is -0.469 e. The molecule has 6 heterocycles. The molecule has 3 aliphatic rings. The van der Waals surface area contributed by atoms with Crippen molar-refractivity contribution in [1.29, 1.82) is 0 Å². The number of nitrogens with one attached hydrogen (secondary N) is 2. The van der Waals surface area contributed by atoms with Crippen molar-refractivity contribution in [3.63, 3.8) is 0 Å². The average Bonchev–Trinajstić information content (AvgIpc) is 3.76. The molecule has 0 spiro atoms. The highest BCUT2D eigenvalue weighted by atomic mass is 16.7. The number of fused-ring (bicyclic) bond motifs is 8. The van der Waals surface area contributed by atoms with Gasteiger partial charge in [-0.15, -0.1) is 0 Å². The lowest BCUT2D eigenvalue weighted by Crippen LogP contribution is -2.38. The average molecular weight is 657 g/mol. The summed E-state index contributed by atoms with van der Waals surface area (Å²) in [7, 11) is 1.43. The van der Waals surface area contributed by atoms with Crippen LogP contribution in [0.25, 0.3) is 33.2 Å². The van der Waals surface area contributed by atoms with Crippen LogP contribution in [0.3, 0.4) is 0 Å². The number of aliphatic hydroxyl groups is 2. The summed E-state index contributed by atoms with van der Waals surface area (Å²) in [5.74, 6) is -0.127. The number of ether oxygens (including phenoxy) is 3. The summed E-state index contributed by atoms with van der Waals surface area (Å²) in [6.45, 7) is 12.8. The van der Waals surface area contributed by atoms with Gasteiger partial charge in [0.05, 0.1) is 43.9 Å². The zero-order valence-corrected chi connectivity index (χ0v) is 29.1. The van der Waals surface area contributed by atoms with Gasteiger partial charge in [-0.1, -0.05) is 13.8 Å². The Labute approximate surface area is 281 Å². The van der Waals surface area contributed by atoms with Crippen LogP contribution in [0.5, 0.6) is 0 Å². The second kappa shape index (κ2) is 14.0. The molecule has 10 heteroatoms. The third-order valence-electron chi connectivity index (χ3n) is 10.4. The Morgan fingerprint density at radius 2 is 1.71 bits per heavy atom. The van der Waals surface area contributed by atoms with Crippen molar-refractivity contribution < 1.29 is 29.2 Å². The number of methoxy groups -OCH3 is 1. The Kier molecular flexibility index (Phi) is 9.90. The van der Waals surface area contributed by atoms with E-state index in [-0.39, 0.29) is 31.0 Å². The van der Waals surface area contributed by atoms with Gasteiger partial charge in [-0.25, -0.2) is 4.98 Å². The van der Waals surface area contributed by atoms with Crippen LogP contribution in [0.15, 0.2) is 24.3 Å². The summed E-state index contributed by atoms with van der Waals surface area (Å²) in [6.07, 6.45) is 0.835. The van der Waals surface area contributed by atoms with Gasteiger partial charge in [0.2, 0.25) is 0 Å². The van der Waals surface area contributed by atoms with Crippen LogP contribution < -0.4 is 0 Å². The molecule has 0 saturated carbocycles. The van der Waals surface area contributed by atoms with E-state index in [0.29, 0.717) is 25.7 Å². The van der Waals surface area contributed by atoms with Crippen molar-refractivity contribution in [1.82, 2.24) is 19.9 Å². The number of aliphatic hydroxyl groups excluding tert-OH is 2. The van der Waals surface area contributed by atoms with Gasteiger partial charge in [-0.2, -0.15) is 0 Å². The molecule has 0 aliphatic carbocycles. The number of esters is 1. The fourth-order valence-corrected chi connectivity index (χ4v) is 7.35. The highest BCUT2D eigenvalue weighted by molar-refractivity contribution is 5.92. The van der Waals surface area contributed by atoms with E-state index in [1.807, 2.05) is 0 Å². The lowest BCUT2D eigenvalue weighted by Gasteiger charge is -2.32. The molecule has 3 aromatic heterocycles. The molecule has 0 amide bonds. The van der Waals surface area contributed by atoms with Crippen LogP contribution in [-0.2, 0) is 25.6 Å². The molecule has 6 rings (SSSR count). The van der Waals surface area contributed by atoms with Crippen LogP contribution in [0.1, 0.15) is 110 Å². The van der Waals surface area contributed by atoms with Crippen LogP contribution in [-0.4, -0.2) is 68.3 Å². The first-order valence-corrected chi connectivity index (χ1v) is 17.0. The molecule has 0 aromatic carbocycles. The first-order valence-electron chi connectivity index (χ1n) is 17.0.